The summed E-state index contributed by atoms with van der Waals surface area (Å²) >= 11 is 0. The van der Waals surface area contributed by atoms with Crippen LogP contribution in [0.25, 0.3) is 0 Å². The summed E-state index contributed by atoms with van der Waals surface area (Å²) < 4.78 is 23.1. The lowest BCUT2D eigenvalue weighted by Gasteiger charge is -2.43. The van der Waals surface area contributed by atoms with Crippen LogP contribution in [0.15, 0.2) is 41.6 Å². The molecule has 0 aromatic rings. The van der Waals surface area contributed by atoms with Gasteiger partial charge in [-0.1, -0.05) is 18.2 Å². The largest absolute Gasteiger partial charge is 0.550 e. The number of aliphatic imine (C=N–C) groups is 1. The first kappa shape index (κ1) is 39.7. The Bertz CT molecular complexity index is 1230. The minimum Gasteiger partial charge on any atom is -0.550 e. The minimum atomic E-state index is -1.71. The molecule has 0 spiro atoms. The number of aliphatic hydroxyl groups excluding tert-OH is 6. The number of carboxylic acids is 1. The predicted octanol–water partition coefficient (Wildman–Crippen LogP) is -4.97. The molecule has 3 fully saturated rings. The number of quaternary nitrogens is 1. The zero-order valence-electron chi connectivity index (χ0n) is 28.0. The number of carbonyl (C=O) groups is 2. The summed E-state index contributed by atoms with van der Waals surface area (Å²) in [5, 5.41) is 75.0. The highest BCUT2D eigenvalue weighted by Gasteiger charge is 2.48. The Kier molecular flexibility index (Phi) is 15.0. The predicted molar refractivity (Wildman–Crippen MR) is 172 cm³/mol. The molecule has 0 aromatic heterocycles. The van der Waals surface area contributed by atoms with Gasteiger partial charge in [-0.15, -0.1) is 6.58 Å². The van der Waals surface area contributed by atoms with Gasteiger partial charge in [-0.25, -0.2) is 4.79 Å². The van der Waals surface area contributed by atoms with Gasteiger partial charge in [0.1, 0.15) is 37.1 Å². The van der Waals surface area contributed by atoms with Crippen LogP contribution in [0.2, 0.25) is 0 Å². The van der Waals surface area contributed by atoms with Crippen molar-refractivity contribution < 1.29 is 69.2 Å². The number of carbonyl (C=O) groups excluding carboxylic acids is 2. The summed E-state index contributed by atoms with van der Waals surface area (Å²) in [6, 6.07) is -0.794. The van der Waals surface area contributed by atoms with Crippen molar-refractivity contribution in [3.05, 3.63) is 36.6 Å². The van der Waals surface area contributed by atoms with Gasteiger partial charge in [0.2, 0.25) is 6.29 Å². The number of rotatable bonds is 15. The van der Waals surface area contributed by atoms with Crippen LogP contribution >= 0.6 is 0 Å². The van der Waals surface area contributed by atoms with E-state index in [1.54, 1.807) is 12.2 Å². The lowest BCUT2D eigenvalue weighted by molar-refractivity contribution is -0.911. The Labute approximate surface area is 290 Å². The van der Waals surface area contributed by atoms with Crippen molar-refractivity contribution in [1.82, 2.24) is 5.32 Å². The van der Waals surface area contributed by atoms with E-state index in [1.165, 1.54) is 12.3 Å². The number of hydrogen-bond donors (Lipinski definition) is 9. The molecule has 0 bridgehead atoms. The number of likely N-dealkylation sites (tertiary alicyclic amines) is 1. The van der Waals surface area contributed by atoms with E-state index in [9.17, 15) is 40.2 Å². The van der Waals surface area contributed by atoms with Gasteiger partial charge in [0.15, 0.2) is 12.2 Å². The standard InChI is InChI=1S/C33H52N4O13/c1-2-20-21(9-8-18-14-37(11-13-39)15-22(29(44)45)25(18)36-33(34)35-10-5-12-38)23(30(46)48-19-6-3-4-7-19)17-47-31(20)50-32-28(43)27(42)26(41)24(16-40)49-32/h2,8-9,17-22,24-28,31-32,38-43H,1,3-7,10-16H2,(H,44,45)(H3,34,35,36)/t18?,20-,21-,22?,24+,25?,26+,27-,28+,31-,32+/m0/s1. The van der Waals surface area contributed by atoms with E-state index < -0.39 is 85.3 Å². The summed E-state index contributed by atoms with van der Waals surface area (Å²) in [6.07, 6.45) is 0.484. The molecular weight excluding hydrogens is 660 g/mol. The fourth-order valence-corrected chi connectivity index (χ4v) is 7.04. The second-order valence-corrected chi connectivity index (χ2v) is 13.2. The van der Waals surface area contributed by atoms with Crippen molar-refractivity contribution in [3.63, 3.8) is 0 Å². The first-order valence-electron chi connectivity index (χ1n) is 17.2. The second-order valence-electron chi connectivity index (χ2n) is 13.2. The van der Waals surface area contributed by atoms with E-state index in [2.05, 4.69) is 16.9 Å². The summed E-state index contributed by atoms with van der Waals surface area (Å²) in [5.41, 5.74) is 6.25. The van der Waals surface area contributed by atoms with Crippen molar-refractivity contribution >= 4 is 17.9 Å². The monoisotopic (exact) mass is 712 g/mol. The van der Waals surface area contributed by atoms with E-state index in [1.807, 2.05) is 0 Å². The fourth-order valence-electron chi connectivity index (χ4n) is 7.04. The van der Waals surface area contributed by atoms with Crippen LogP contribution in [0.4, 0.5) is 0 Å². The van der Waals surface area contributed by atoms with Gasteiger partial charge < -0.3 is 75.4 Å². The molecule has 3 aliphatic heterocycles. The van der Waals surface area contributed by atoms with Gasteiger partial charge >= 0.3 is 5.97 Å². The third-order valence-corrected chi connectivity index (χ3v) is 9.79. The molecule has 12 atom stereocenters. The van der Waals surface area contributed by atoms with Crippen molar-refractivity contribution in [2.45, 2.75) is 81.2 Å². The summed E-state index contributed by atoms with van der Waals surface area (Å²) in [5.74, 6) is -5.17. The van der Waals surface area contributed by atoms with Gasteiger partial charge in [0.25, 0.3) is 0 Å². The number of ether oxygens (including phenoxy) is 4. The minimum absolute atomic E-state index is 0.0116. The number of hydrogen-bond acceptors (Lipinski definition) is 14. The molecule has 0 amide bonds. The van der Waals surface area contributed by atoms with Crippen molar-refractivity contribution in [1.29, 1.82) is 0 Å². The molecule has 17 nitrogen and oxygen atoms in total. The maximum atomic E-state index is 13.6. The molecule has 17 heteroatoms. The van der Waals surface area contributed by atoms with Crippen LogP contribution in [0.3, 0.4) is 0 Å². The molecule has 4 aliphatic rings. The SMILES string of the molecule is C=C[C@@H]1[C@H](O[C@H]2O[C@H](CO)[C@@H](O)[C@H](O)[C@H]2O)OC=C(C(=O)OC2CCCC2)[C@H]1C=CC1C[NH+](CCO)CC(C(=O)[O-])C1NC(N)=NCCCO. The van der Waals surface area contributed by atoms with Gasteiger partial charge in [-0.3, -0.25) is 4.99 Å². The molecule has 4 unspecified atom stereocenters. The van der Waals surface area contributed by atoms with Crippen LogP contribution in [0.5, 0.6) is 0 Å². The van der Waals surface area contributed by atoms with Gasteiger partial charge in [-0.05, 0) is 32.1 Å². The van der Waals surface area contributed by atoms with Crippen molar-refractivity contribution in [2.75, 3.05) is 46.0 Å². The molecule has 3 heterocycles. The third-order valence-electron chi connectivity index (χ3n) is 9.79. The zero-order valence-corrected chi connectivity index (χ0v) is 28.0. The Morgan fingerprint density at radius 1 is 1.08 bits per heavy atom. The van der Waals surface area contributed by atoms with Crippen molar-refractivity contribution in [3.8, 4) is 0 Å². The first-order chi connectivity index (χ1) is 24.0. The van der Waals surface area contributed by atoms with Crippen molar-refractivity contribution in [2.24, 2.45) is 34.4 Å². The second kappa shape index (κ2) is 18.9. The van der Waals surface area contributed by atoms with Gasteiger partial charge in [-0.2, -0.15) is 0 Å². The van der Waals surface area contributed by atoms with E-state index in [0.717, 1.165) is 30.6 Å². The molecule has 282 valence electrons. The number of carboxylic acid groups (broad SMARTS) is 1. The molecule has 50 heavy (non-hydrogen) atoms. The topological polar surface area (TPSA) is 270 Å². The highest BCUT2D eigenvalue weighted by Crippen LogP contribution is 2.37. The maximum absolute atomic E-state index is 13.6. The lowest BCUT2D eigenvalue weighted by Crippen LogP contribution is -3.16. The molecule has 0 aromatic carbocycles. The van der Waals surface area contributed by atoms with Gasteiger partial charge in [0, 0.05) is 25.0 Å². The average molecular weight is 713 g/mol. The Morgan fingerprint density at radius 3 is 2.46 bits per heavy atom. The average Bonchev–Trinajstić information content (AvgIpc) is 3.61. The van der Waals surface area contributed by atoms with Crippen LogP contribution < -0.4 is 21.1 Å². The Morgan fingerprint density at radius 2 is 1.82 bits per heavy atom. The molecule has 1 aliphatic carbocycles. The Balaban J connectivity index is 1.67. The zero-order chi connectivity index (χ0) is 36.4. The van der Waals surface area contributed by atoms with Crippen LogP contribution in [0, 0.1) is 23.7 Å². The highest BCUT2D eigenvalue weighted by atomic mass is 16.8. The van der Waals surface area contributed by atoms with E-state index in [0.29, 0.717) is 13.0 Å². The molecule has 1 saturated carbocycles. The first-order valence-corrected chi connectivity index (χ1v) is 17.2. The summed E-state index contributed by atoms with van der Waals surface area (Å²) in [7, 11) is 0. The van der Waals surface area contributed by atoms with E-state index >= 15 is 0 Å². The number of allylic oxidation sites excluding steroid dienone is 1. The smallest absolute Gasteiger partial charge is 0.338 e. The maximum Gasteiger partial charge on any atom is 0.338 e. The van der Waals surface area contributed by atoms with E-state index in [-0.39, 0.29) is 50.5 Å². The molecular formula is C33H52N4O13. The number of nitrogens with two attached hydrogens (primary N) is 1. The fraction of sp³-hybridized carbons (Fsp3) is 0.727. The number of aliphatic carboxylic acids is 1. The van der Waals surface area contributed by atoms with E-state index in [4.69, 9.17) is 29.8 Å². The molecule has 10 N–H and O–H groups in total. The van der Waals surface area contributed by atoms with Gasteiger partial charge in [0.05, 0.1) is 62.0 Å². The number of esters is 1. The summed E-state index contributed by atoms with van der Waals surface area (Å²) in [6.45, 7) is 4.00. The highest BCUT2D eigenvalue weighted by molar-refractivity contribution is 5.89. The normalized spacial score (nSPS) is 36.8. The van der Waals surface area contributed by atoms with Crippen LogP contribution in [-0.4, -0.2) is 144 Å². The quantitative estimate of drug-likeness (QED) is 0.0253. The molecule has 0 radical (unpaired) electrons. The Hall–Kier alpha value is -3.13. The van der Waals surface area contributed by atoms with Crippen LogP contribution in [0.1, 0.15) is 32.1 Å². The summed E-state index contributed by atoms with van der Waals surface area (Å²) in [4.78, 5) is 31.0. The van der Waals surface area contributed by atoms with Crippen LogP contribution in [-0.2, 0) is 28.5 Å². The number of aliphatic hydroxyl groups is 6. The number of nitrogens with one attached hydrogen (secondary N) is 2. The lowest BCUT2D eigenvalue weighted by atomic mass is 9.79. The number of guanidine groups is 1. The number of nitrogens with zero attached hydrogens (tertiary/aromatic N) is 1. The third kappa shape index (κ3) is 9.80. The number of piperidine rings is 1. The molecule has 4 rings (SSSR count). The molecule has 2 saturated heterocycles.